The van der Waals surface area contributed by atoms with Crippen LogP contribution in [-0.2, 0) is 24.1 Å². The van der Waals surface area contributed by atoms with Crippen molar-refractivity contribution >= 4 is 33.1 Å². The van der Waals surface area contributed by atoms with Crippen molar-refractivity contribution in [3.63, 3.8) is 0 Å². The Hall–Kier alpha value is -4.41. The van der Waals surface area contributed by atoms with E-state index in [9.17, 15) is 20.0 Å². The number of hydrazine groups is 1. The van der Waals surface area contributed by atoms with Crippen molar-refractivity contribution in [3.05, 3.63) is 158 Å². The predicted molar refractivity (Wildman–Crippen MR) is 238 cm³/mol. The van der Waals surface area contributed by atoms with Crippen LogP contribution >= 0.6 is 8.53 Å². The molecule has 1 aliphatic heterocycles. The molecule has 1 unspecified atom stereocenters. The van der Waals surface area contributed by atoms with Crippen molar-refractivity contribution in [2.75, 3.05) is 27.4 Å². The topological polar surface area (TPSA) is 170 Å². The molecule has 1 aliphatic rings. The second-order valence-corrected chi connectivity index (χ2v) is 20.2. The molecule has 0 bridgehead atoms. The Morgan fingerprint density at radius 2 is 1.45 bits per heavy atom. The van der Waals surface area contributed by atoms with E-state index in [1.165, 1.54) is 10.8 Å². The normalized spacial score (nSPS) is 19.5. The van der Waals surface area contributed by atoms with Gasteiger partial charge in [0, 0.05) is 0 Å². The van der Waals surface area contributed by atoms with Crippen LogP contribution in [0.1, 0.15) is 62.6 Å². The van der Waals surface area contributed by atoms with Gasteiger partial charge in [0.1, 0.15) is 0 Å². The Labute approximate surface area is 373 Å². The van der Waals surface area contributed by atoms with Gasteiger partial charge in [-0.25, -0.2) is 0 Å². The number of ether oxygens (including phenoxy) is 4. The van der Waals surface area contributed by atoms with Crippen molar-refractivity contribution in [2.24, 2.45) is 0 Å². The third-order valence-corrected chi connectivity index (χ3v) is 15.3. The van der Waals surface area contributed by atoms with E-state index in [0.29, 0.717) is 11.5 Å². The summed E-state index contributed by atoms with van der Waals surface area (Å²) in [5.41, 5.74) is 0.0273. The van der Waals surface area contributed by atoms with Gasteiger partial charge in [-0.15, -0.1) is 0 Å². The van der Waals surface area contributed by atoms with E-state index >= 15 is 0 Å². The minimum atomic E-state index is -2.06. The fraction of sp³-hybridized carbons (Fsp3) is 0.370. The standard InChI is InChI=1S/C46H54N5O9PTe/c1-31(2)51(32(3)4)49-61(58-28-14-27-47)60-41-40(59-43(50-29-33(5)42(52)48-44(50)53)46(41,54)62-39-17-12-9-13-18-39)30-57-45(34-15-10-8-11-16-34,35-19-23-37(55-6)24-20-35)36-21-25-38(56-7)26-22-36/h8-13,15-26,29,31-32,40-41,43,49,54H,14,28,30H2,1-7H3,(H,48,52,53)/t40-,41-,43-,46+,61?/m1/s1. The van der Waals surface area contributed by atoms with Gasteiger partial charge in [0.15, 0.2) is 0 Å². The van der Waals surface area contributed by atoms with Crippen LogP contribution in [0.15, 0.2) is 125 Å². The van der Waals surface area contributed by atoms with E-state index in [0.717, 1.165) is 20.3 Å². The third-order valence-electron chi connectivity index (χ3n) is 10.4. The molecule has 328 valence electrons. The summed E-state index contributed by atoms with van der Waals surface area (Å²) in [7, 11) is 1.16. The first-order valence-corrected chi connectivity index (χ1v) is 23.8. The van der Waals surface area contributed by atoms with E-state index in [-0.39, 0.29) is 37.3 Å². The van der Waals surface area contributed by atoms with Crippen LogP contribution in [0.3, 0.4) is 0 Å². The van der Waals surface area contributed by atoms with Gasteiger partial charge in [0.2, 0.25) is 0 Å². The number of hydrogen-bond acceptors (Lipinski definition) is 12. The molecule has 0 saturated carbocycles. The summed E-state index contributed by atoms with van der Waals surface area (Å²) >= 11 is -1.73. The molecule has 1 aromatic heterocycles. The van der Waals surface area contributed by atoms with Crippen LogP contribution in [0.5, 0.6) is 11.5 Å². The van der Waals surface area contributed by atoms with Gasteiger partial charge >= 0.3 is 375 Å². The maximum absolute atomic E-state index is 13.8. The molecule has 1 saturated heterocycles. The Bertz CT molecular complexity index is 2310. The molecule has 1 fully saturated rings. The Morgan fingerprint density at radius 3 is 1.98 bits per heavy atom. The summed E-state index contributed by atoms with van der Waals surface area (Å²) in [5.74, 6) is 1.32. The fourth-order valence-electron chi connectivity index (χ4n) is 7.39. The van der Waals surface area contributed by atoms with E-state index in [4.69, 9.17) is 28.0 Å². The summed E-state index contributed by atoms with van der Waals surface area (Å²) in [4.78, 5) is 28.9. The van der Waals surface area contributed by atoms with Gasteiger partial charge in [0.05, 0.1) is 0 Å². The number of nitriles is 1. The van der Waals surface area contributed by atoms with Gasteiger partial charge in [0.25, 0.3) is 0 Å². The van der Waals surface area contributed by atoms with E-state index in [1.807, 2.05) is 142 Å². The number of nitrogens with one attached hydrogen (secondary N) is 2. The maximum atomic E-state index is 13.8. The number of aryl methyl sites for hydroxylation is 1. The van der Waals surface area contributed by atoms with Crippen molar-refractivity contribution in [1.29, 1.82) is 5.26 Å². The van der Waals surface area contributed by atoms with Gasteiger partial charge < -0.3 is 0 Å². The molecule has 2 heterocycles. The number of hydrogen-bond donors (Lipinski definition) is 3. The number of H-pyrrole nitrogens is 1. The zero-order valence-electron chi connectivity index (χ0n) is 35.9. The number of nitrogens with zero attached hydrogens (tertiary/aromatic N) is 3. The molecular weight excluding hydrogens is 925 g/mol. The van der Waals surface area contributed by atoms with Gasteiger partial charge in [-0.05, 0) is 0 Å². The SMILES string of the molecule is COc1ccc(C(OC[C@H]2O[C@@H](n3cc(C)c(=O)[nH]c3=O)[C@@](O)([Te]c3ccccc3)[C@@H]2OP(NN(C(C)C)C(C)C)OCCC#N)(c2ccccc2)c2ccc(OC)cc2)cc1. The molecule has 5 atom stereocenters. The molecule has 0 amide bonds. The van der Waals surface area contributed by atoms with E-state index in [2.05, 4.69) is 16.2 Å². The van der Waals surface area contributed by atoms with Crippen LogP contribution in [0.4, 0.5) is 0 Å². The van der Waals surface area contributed by atoms with Gasteiger partial charge in [-0.3, -0.25) is 0 Å². The second-order valence-electron chi connectivity index (χ2n) is 15.2. The third kappa shape index (κ3) is 10.5. The number of rotatable bonds is 20. The minimum absolute atomic E-state index is 0.00929. The van der Waals surface area contributed by atoms with Crippen LogP contribution in [0.25, 0.3) is 0 Å². The Balaban J connectivity index is 1.55. The number of aliphatic hydroxyl groups is 1. The second kappa shape index (κ2) is 21.3. The number of aromatic amines is 1. The number of methoxy groups -OCH3 is 2. The van der Waals surface area contributed by atoms with Crippen molar-refractivity contribution in [3.8, 4) is 17.6 Å². The van der Waals surface area contributed by atoms with E-state index in [1.54, 1.807) is 21.1 Å². The molecule has 3 N–H and O–H groups in total. The zero-order chi connectivity index (χ0) is 44.4. The average molecular weight is 980 g/mol. The molecular formula is C46H54N5O9PTe. The number of aromatic nitrogens is 2. The fourth-order valence-corrected chi connectivity index (χ4v) is 12.8. The van der Waals surface area contributed by atoms with Crippen molar-refractivity contribution < 1.29 is 33.1 Å². The number of benzene rings is 4. The molecule has 5 aromatic rings. The van der Waals surface area contributed by atoms with Crippen LogP contribution in [0.2, 0.25) is 0 Å². The molecule has 0 radical (unpaired) electrons. The first kappa shape index (κ1) is 47.1. The first-order chi connectivity index (χ1) is 29.8. The molecule has 6 rings (SSSR count). The molecule has 0 aliphatic carbocycles. The summed E-state index contributed by atoms with van der Waals surface area (Å²) < 4.78 is 38.9. The summed E-state index contributed by atoms with van der Waals surface area (Å²) in [6.45, 7) is 9.60. The zero-order valence-corrected chi connectivity index (χ0v) is 39.1. The first-order valence-electron chi connectivity index (χ1n) is 20.3. The summed E-state index contributed by atoms with van der Waals surface area (Å²) in [6.07, 6.45) is -2.06. The van der Waals surface area contributed by atoms with Gasteiger partial charge in [-0.1, -0.05) is 0 Å². The van der Waals surface area contributed by atoms with E-state index < -0.39 is 68.4 Å². The van der Waals surface area contributed by atoms with Crippen LogP contribution in [-0.4, -0.2) is 96.0 Å². The van der Waals surface area contributed by atoms with Crippen LogP contribution < -0.4 is 29.5 Å². The Kier molecular flexibility index (Phi) is 16.2. The molecule has 4 aromatic carbocycles. The summed E-state index contributed by atoms with van der Waals surface area (Å²) in [5, 5.41) is 28.4. The monoisotopic (exact) mass is 981 g/mol. The Morgan fingerprint density at radius 1 is 0.903 bits per heavy atom. The van der Waals surface area contributed by atoms with Crippen LogP contribution in [0, 0.1) is 18.3 Å². The molecule has 62 heavy (non-hydrogen) atoms. The predicted octanol–water partition coefficient (Wildman–Crippen LogP) is 5.65. The summed E-state index contributed by atoms with van der Waals surface area (Å²) in [6, 6.07) is 36.7. The van der Waals surface area contributed by atoms with Gasteiger partial charge in [-0.2, -0.15) is 0 Å². The van der Waals surface area contributed by atoms with Crippen molar-refractivity contribution in [2.45, 2.75) is 80.8 Å². The molecule has 0 spiro atoms. The quantitative estimate of drug-likeness (QED) is 0.0289. The van der Waals surface area contributed by atoms with Crippen molar-refractivity contribution in [1.82, 2.24) is 19.8 Å². The molecule has 14 nitrogen and oxygen atoms in total. The average Bonchev–Trinajstić information content (AvgIpc) is 3.54. The molecule has 16 heteroatoms.